The van der Waals surface area contributed by atoms with E-state index in [1.807, 2.05) is 22.9 Å². The molecule has 2 aromatic heterocycles. The van der Waals surface area contributed by atoms with Crippen LogP contribution < -0.4 is 5.32 Å². The number of thiazole rings is 1. The van der Waals surface area contributed by atoms with E-state index in [1.54, 1.807) is 11.3 Å². The van der Waals surface area contributed by atoms with Crippen molar-refractivity contribution in [3.05, 3.63) is 28.6 Å². The predicted octanol–water partition coefficient (Wildman–Crippen LogP) is 2.66. The molecule has 2 N–H and O–H groups in total. The van der Waals surface area contributed by atoms with Crippen LogP contribution in [0.2, 0.25) is 0 Å². The second-order valence-corrected chi connectivity index (χ2v) is 7.80. The fraction of sp³-hybridized carbons (Fsp3) is 0.471. The molecule has 0 saturated carbocycles. The number of amides is 1. The van der Waals surface area contributed by atoms with Crippen LogP contribution in [0.25, 0.3) is 9.88 Å². The zero-order valence-electron chi connectivity index (χ0n) is 13.6. The van der Waals surface area contributed by atoms with Gasteiger partial charge in [-0.1, -0.05) is 6.07 Å². The van der Waals surface area contributed by atoms with Crippen LogP contribution in [0.1, 0.15) is 18.5 Å². The lowest BCUT2D eigenvalue weighted by Crippen LogP contribution is -2.39. The average Bonchev–Trinajstić information content (AvgIpc) is 3.27. The molecule has 2 aromatic rings. The molecule has 25 heavy (non-hydrogen) atoms. The van der Waals surface area contributed by atoms with Crippen molar-refractivity contribution in [1.82, 2.24) is 10.3 Å². The molecule has 3 heterocycles. The number of nitrogens with zero attached hydrogens (tertiary/aromatic N) is 1. The van der Waals surface area contributed by atoms with Crippen molar-refractivity contribution in [2.24, 2.45) is 11.8 Å². The lowest BCUT2D eigenvalue weighted by atomic mass is 9.86. The van der Waals surface area contributed by atoms with Crippen LogP contribution in [0.5, 0.6) is 0 Å². The van der Waals surface area contributed by atoms with Gasteiger partial charge >= 0.3 is 5.97 Å². The Bertz CT molecular complexity index is 708. The first-order valence-corrected chi connectivity index (χ1v) is 9.95. The number of rotatable bonds is 7. The summed E-state index contributed by atoms with van der Waals surface area (Å²) in [5.74, 6) is -1.57. The fourth-order valence-electron chi connectivity index (χ4n) is 2.93. The van der Waals surface area contributed by atoms with Crippen molar-refractivity contribution >= 4 is 34.6 Å². The van der Waals surface area contributed by atoms with Crippen molar-refractivity contribution in [3.63, 3.8) is 0 Å². The number of carbonyl (C=O) groups is 2. The van der Waals surface area contributed by atoms with Crippen molar-refractivity contribution < 1.29 is 19.4 Å². The summed E-state index contributed by atoms with van der Waals surface area (Å²) in [5, 5.41) is 17.0. The van der Waals surface area contributed by atoms with Gasteiger partial charge in [-0.3, -0.25) is 9.59 Å². The molecule has 1 unspecified atom stereocenters. The van der Waals surface area contributed by atoms with Crippen molar-refractivity contribution in [1.29, 1.82) is 0 Å². The van der Waals surface area contributed by atoms with Gasteiger partial charge in [0.15, 0.2) is 0 Å². The molecule has 8 heteroatoms. The summed E-state index contributed by atoms with van der Waals surface area (Å²) in [6, 6.07) is 3.97. The third-order valence-electron chi connectivity index (χ3n) is 4.30. The summed E-state index contributed by atoms with van der Waals surface area (Å²) in [5.41, 5.74) is 0.712. The van der Waals surface area contributed by atoms with E-state index in [0.717, 1.165) is 22.7 Å². The van der Waals surface area contributed by atoms with Crippen molar-refractivity contribution in [2.75, 3.05) is 19.8 Å². The van der Waals surface area contributed by atoms with Gasteiger partial charge in [-0.15, -0.1) is 22.7 Å². The van der Waals surface area contributed by atoms with E-state index in [0.29, 0.717) is 18.9 Å². The molecule has 1 amide bonds. The molecular weight excluding hydrogens is 360 g/mol. The Morgan fingerprint density at radius 1 is 1.36 bits per heavy atom. The number of aliphatic carboxylic acids is 1. The number of carboxylic acids is 1. The van der Waals surface area contributed by atoms with Crippen LogP contribution >= 0.6 is 22.7 Å². The number of thiophene rings is 1. The first-order valence-electron chi connectivity index (χ1n) is 8.19. The summed E-state index contributed by atoms with van der Waals surface area (Å²) in [6.45, 7) is 1.33. The van der Waals surface area contributed by atoms with Crippen LogP contribution in [0, 0.1) is 11.8 Å². The van der Waals surface area contributed by atoms with Gasteiger partial charge in [0.1, 0.15) is 5.01 Å². The summed E-state index contributed by atoms with van der Waals surface area (Å²) in [6.07, 6.45) is 1.62. The van der Waals surface area contributed by atoms with E-state index in [-0.39, 0.29) is 24.8 Å². The fourth-order valence-corrected chi connectivity index (χ4v) is 4.56. The van der Waals surface area contributed by atoms with E-state index in [4.69, 9.17) is 4.74 Å². The van der Waals surface area contributed by atoms with Gasteiger partial charge in [0.05, 0.1) is 22.9 Å². The number of carboxylic acid groups (broad SMARTS) is 1. The number of ether oxygens (including phenoxy) is 1. The Labute approximate surface area is 153 Å². The predicted molar refractivity (Wildman–Crippen MR) is 96.8 cm³/mol. The van der Waals surface area contributed by atoms with Gasteiger partial charge in [-0.25, -0.2) is 4.98 Å². The van der Waals surface area contributed by atoms with Gasteiger partial charge in [0, 0.05) is 25.1 Å². The van der Waals surface area contributed by atoms with E-state index in [9.17, 15) is 14.7 Å². The highest BCUT2D eigenvalue weighted by molar-refractivity contribution is 7.20. The minimum Gasteiger partial charge on any atom is -0.481 e. The molecule has 1 aliphatic heterocycles. The maximum Gasteiger partial charge on any atom is 0.308 e. The Morgan fingerprint density at radius 2 is 2.16 bits per heavy atom. The molecule has 0 radical (unpaired) electrons. The minimum absolute atomic E-state index is 0.0521. The standard InChI is InChI=1S/C17H20N2O4S2/c20-15(8-12-10-25-16(19-12)14-2-1-7-24-14)18-9-13(17(21)22)11-3-5-23-6-4-11/h1-2,7,10-11,13H,3-6,8-9H2,(H,18,20)(H,21,22). The maximum atomic E-state index is 12.2. The van der Waals surface area contributed by atoms with Crippen molar-refractivity contribution in [3.8, 4) is 9.88 Å². The van der Waals surface area contributed by atoms with Gasteiger partial charge in [-0.2, -0.15) is 0 Å². The SMILES string of the molecule is O=C(Cc1csc(-c2cccs2)n1)NCC(C(=O)O)C1CCOCC1. The second kappa shape index (κ2) is 8.55. The summed E-state index contributed by atoms with van der Waals surface area (Å²) in [4.78, 5) is 29.2. The molecule has 134 valence electrons. The highest BCUT2D eigenvalue weighted by atomic mass is 32.1. The Balaban J connectivity index is 1.52. The number of hydrogen-bond donors (Lipinski definition) is 2. The highest BCUT2D eigenvalue weighted by Gasteiger charge is 2.30. The third-order valence-corrected chi connectivity index (χ3v) is 6.23. The van der Waals surface area contributed by atoms with E-state index in [1.165, 1.54) is 11.3 Å². The van der Waals surface area contributed by atoms with E-state index < -0.39 is 11.9 Å². The summed E-state index contributed by atoms with van der Waals surface area (Å²) >= 11 is 3.13. The van der Waals surface area contributed by atoms with Gasteiger partial charge in [0.25, 0.3) is 0 Å². The minimum atomic E-state index is -0.860. The lowest BCUT2D eigenvalue weighted by molar-refractivity contribution is -0.144. The van der Waals surface area contributed by atoms with Crippen LogP contribution in [0.4, 0.5) is 0 Å². The van der Waals surface area contributed by atoms with Crippen LogP contribution in [0.3, 0.4) is 0 Å². The molecular formula is C17H20N2O4S2. The van der Waals surface area contributed by atoms with E-state index in [2.05, 4.69) is 10.3 Å². The first-order chi connectivity index (χ1) is 12.1. The van der Waals surface area contributed by atoms with Crippen LogP contribution in [0.15, 0.2) is 22.9 Å². The molecule has 1 aliphatic rings. The van der Waals surface area contributed by atoms with Gasteiger partial charge in [0.2, 0.25) is 5.91 Å². The topological polar surface area (TPSA) is 88.5 Å². The molecule has 3 rings (SSSR count). The summed E-state index contributed by atoms with van der Waals surface area (Å²) in [7, 11) is 0. The van der Waals surface area contributed by atoms with Gasteiger partial charge in [-0.05, 0) is 30.2 Å². The smallest absolute Gasteiger partial charge is 0.308 e. The third kappa shape index (κ3) is 4.87. The van der Waals surface area contributed by atoms with Crippen molar-refractivity contribution in [2.45, 2.75) is 19.3 Å². The largest absolute Gasteiger partial charge is 0.481 e. The molecule has 0 aromatic carbocycles. The zero-order valence-corrected chi connectivity index (χ0v) is 15.3. The Morgan fingerprint density at radius 3 is 2.84 bits per heavy atom. The number of nitrogens with one attached hydrogen (secondary N) is 1. The molecule has 1 atom stereocenters. The molecule has 1 saturated heterocycles. The maximum absolute atomic E-state index is 12.2. The van der Waals surface area contributed by atoms with Crippen LogP contribution in [-0.2, 0) is 20.7 Å². The molecule has 1 fully saturated rings. The Hall–Kier alpha value is -1.77. The monoisotopic (exact) mass is 380 g/mol. The quantitative estimate of drug-likeness (QED) is 0.771. The van der Waals surface area contributed by atoms with Gasteiger partial charge < -0.3 is 15.2 Å². The normalized spacial score (nSPS) is 16.5. The molecule has 6 nitrogen and oxygen atoms in total. The Kier molecular flexibility index (Phi) is 6.17. The average molecular weight is 380 g/mol. The number of aromatic nitrogens is 1. The zero-order chi connectivity index (χ0) is 17.6. The second-order valence-electron chi connectivity index (χ2n) is 6.00. The lowest BCUT2D eigenvalue weighted by Gasteiger charge is -2.27. The number of carbonyl (C=O) groups excluding carboxylic acids is 1. The summed E-state index contributed by atoms with van der Waals surface area (Å²) < 4.78 is 5.28. The van der Waals surface area contributed by atoms with Crippen LogP contribution in [-0.4, -0.2) is 41.7 Å². The van der Waals surface area contributed by atoms with E-state index >= 15 is 0 Å². The number of hydrogen-bond acceptors (Lipinski definition) is 6. The molecule has 0 spiro atoms. The highest BCUT2D eigenvalue weighted by Crippen LogP contribution is 2.28. The first kappa shape index (κ1) is 18.0. The molecule has 0 bridgehead atoms. The molecule has 0 aliphatic carbocycles.